The summed E-state index contributed by atoms with van der Waals surface area (Å²) >= 11 is 4.58. The first-order valence-corrected chi connectivity index (χ1v) is 4.45. The van der Waals surface area contributed by atoms with Crippen LogP contribution in [0.4, 0.5) is 13.2 Å². The molecule has 2 rings (SSSR count). The first-order chi connectivity index (χ1) is 7.38. The highest BCUT2D eigenvalue weighted by atomic mass is 32.1. The van der Waals surface area contributed by atoms with Crippen molar-refractivity contribution in [1.29, 1.82) is 0 Å². The first-order valence-electron chi connectivity index (χ1n) is 4.04. The molecule has 86 valence electrons. The van der Waals surface area contributed by atoms with E-state index >= 15 is 0 Å². The van der Waals surface area contributed by atoms with Gasteiger partial charge in [0.05, 0.1) is 5.56 Å². The Labute approximate surface area is 91.9 Å². The van der Waals surface area contributed by atoms with Gasteiger partial charge in [0.1, 0.15) is 0 Å². The van der Waals surface area contributed by atoms with Gasteiger partial charge in [0.25, 0.3) is 4.84 Å². The largest absolute Gasteiger partial charge is 0.435 e. The molecular weight excluding hydrogens is 245 g/mol. The van der Waals surface area contributed by atoms with Crippen LogP contribution >= 0.6 is 12.2 Å². The molecule has 0 radical (unpaired) electrons. The minimum Gasteiger partial charge on any atom is -0.409 e. The van der Waals surface area contributed by atoms with E-state index in [1.165, 1.54) is 7.05 Å². The molecular formula is C7H5F3N4OS. The Morgan fingerprint density at radius 2 is 2.19 bits per heavy atom. The van der Waals surface area contributed by atoms with Crippen LogP contribution in [0.25, 0.3) is 11.5 Å². The van der Waals surface area contributed by atoms with Crippen molar-refractivity contribution in [2.45, 2.75) is 6.18 Å². The normalized spacial score (nSPS) is 12.0. The second-order valence-corrected chi connectivity index (χ2v) is 3.35. The summed E-state index contributed by atoms with van der Waals surface area (Å²) in [6.45, 7) is 0. The molecule has 16 heavy (non-hydrogen) atoms. The maximum Gasteiger partial charge on any atom is 0.435 e. The van der Waals surface area contributed by atoms with Crippen LogP contribution in [-0.2, 0) is 13.2 Å². The minimum atomic E-state index is -4.56. The van der Waals surface area contributed by atoms with E-state index in [4.69, 9.17) is 4.42 Å². The molecule has 2 heterocycles. The highest BCUT2D eigenvalue weighted by Gasteiger charge is 2.38. The van der Waals surface area contributed by atoms with E-state index in [0.717, 1.165) is 10.9 Å². The van der Waals surface area contributed by atoms with E-state index in [1.54, 1.807) is 0 Å². The Morgan fingerprint density at radius 3 is 2.69 bits per heavy atom. The second-order valence-electron chi connectivity index (χ2n) is 2.98. The van der Waals surface area contributed by atoms with Crippen molar-refractivity contribution in [2.24, 2.45) is 7.05 Å². The van der Waals surface area contributed by atoms with Crippen LogP contribution in [0, 0.1) is 4.84 Å². The van der Waals surface area contributed by atoms with Crippen LogP contribution in [0.2, 0.25) is 0 Å². The number of hydrogen-bond acceptors (Lipinski definition) is 4. The average molecular weight is 250 g/mol. The summed E-state index contributed by atoms with van der Waals surface area (Å²) < 4.78 is 43.6. The van der Waals surface area contributed by atoms with Crippen molar-refractivity contribution in [1.82, 2.24) is 20.0 Å². The third-order valence-electron chi connectivity index (χ3n) is 1.77. The third-order valence-corrected chi connectivity index (χ3v) is 1.94. The molecule has 0 aliphatic heterocycles. The molecule has 2 aromatic rings. The molecule has 0 unspecified atom stereocenters. The Kier molecular flexibility index (Phi) is 2.34. The molecule has 0 atom stereocenters. The molecule has 0 bridgehead atoms. The second kappa shape index (κ2) is 3.44. The number of rotatable bonds is 1. The monoisotopic (exact) mass is 250 g/mol. The highest BCUT2D eigenvalue weighted by Crippen LogP contribution is 2.34. The van der Waals surface area contributed by atoms with Crippen molar-refractivity contribution in [3.63, 3.8) is 0 Å². The number of aromatic nitrogens is 4. The predicted octanol–water partition coefficient (Wildman–Crippen LogP) is 2.15. The van der Waals surface area contributed by atoms with E-state index in [-0.39, 0.29) is 16.3 Å². The zero-order valence-electron chi connectivity index (χ0n) is 7.87. The van der Waals surface area contributed by atoms with Gasteiger partial charge in [-0.2, -0.15) is 18.3 Å². The Hall–Kier alpha value is -1.64. The highest BCUT2D eigenvalue weighted by molar-refractivity contribution is 7.71. The maximum atomic E-state index is 12.6. The summed E-state index contributed by atoms with van der Waals surface area (Å²) in [5.41, 5.74) is -1.30. The van der Waals surface area contributed by atoms with Gasteiger partial charge in [-0.25, -0.2) is 5.10 Å². The Bertz CT molecular complexity index is 567. The summed E-state index contributed by atoms with van der Waals surface area (Å²) in [5.74, 6) is -0.231. The molecule has 2 aromatic heterocycles. The van der Waals surface area contributed by atoms with Gasteiger partial charge in [0.2, 0.25) is 5.89 Å². The predicted molar refractivity (Wildman–Crippen MR) is 48.9 cm³/mol. The summed E-state index contributed by atoms with van der Waals surface area (Å²) in [6.07, 6.45) is -3.40. The van der Waals surface area contributed by atoms with Gasteiger partial charge in [0.15, 0.2) is 5.69 Å². The summed E-state index contributed by atoms with van der Waals surface area (Å²) in [6, 6.07) is 0. The molecule has 0 saturated heterocycles. The molecule has 0 aliphatic carbocycles. The Morgan fingerprint density at radius 1 is 1.50 bits per heavy atom. The summed E-state index contributed by atoms with van der Waals surface area (Å²) in [4.78, 5) is -0.0908. The van der Waals surface area contributed by atoms with Gasteiger partial charge >= 0.3 is 6.18 Å². The lowest BCUT2D eigenvalue weighted by Crippen LogP contribution is -2.08. The molecule has 0 aliphatic rings. The van der Waals surface area contributed by atoms with Crippen LogP contribution in [0.5, 0.6) is 0 Å². The summed E-state index contributed by atoms with van der Waals surface area (Å²) in [5, 5.41) is 9.08. The quantitative estimate of drug-likeness (QED) is 0.788. The van der Waals surface area contributed by atoms with Crippen LogP contribution in [0.1, 0.15) is 5.69 Å². The van der Waals surface area contributed by atoms with E-state index < -0.39 is 11.9 Å². The van der Waals surface area contributed by atoms with Crippen molar-refractivity contribution in [3.05, 3.63) is 16.7 Å². The van der Waals surface area contributed by atoms with Crippen molar-refractivity contribution in [2.75, 3.05) is 0 Å². The van der Waals surface area contributed by atoms with E-state index in [9.17, 15) is 13.2 Å². The number of halogens is 3. The first kappa shape index (κ1) is 10.9. The minimum absolute atomic E-state index is 0.0908. The molecule has 0 fully saturated rings. The van der Waals surface area contributed by atoms with E-state index in [0.29, 0.717) is 0 Å². The molecule has 0 amide bonds. The standard InChI is InChI=1S/C7H5F3N4OS/c1-14-2-3(4(13-14)7(8,9)10)5-11-12-6(16)15-5/h2H,1H3,(H,12,16). The van der Waals surface area contributed by atoms with Gasteiger partial charge < -0.3 is 4.42 Å². The van der Waals surface area contributed by atoms with Crippen LogP contribution in [0.15, 0.2) is 10.6 Å². The van der Waals surface area contributed by atoms with Crippen molar-refractivity contribution >= 4 is 12.2 Å². The van der Waals surface area contributed by atoms with Gasteiger partial charge in [-0.3, -0.25) is 4.68 Å². The van der Waals surface area contributed by atoms with Gasteiger partial charge in [-0.05, 0) is 12.2 Å². The number of aromatic amines is 1. The lowest BCUT2D eigenvalue weighted by Gasteiger charge is -2.02. The van der Waals surface area contributed by atoms with Crippen LogP contribution in [0.3, 0.4) is 0 Å². The number of aryl methyl sites for hydroxylation is 1. The molecule has 1 N–H and O–H groups in total. The molecule has 9 heteroatoms. The number of alkyl halides is 3. The average Bonchev–Trinajstić information content (AvgIpc) is 2.70. The fourth-order valence-corrected chi connectivity index (χ4v) is 1.32. The topological polar surface area (TPSA) is 59.6 Å². The van der Waals surface area contributed by atoms with E-state index in [1.807, 2.05) is 0 Å². The number of nitrogens with zero attached hydrogens (tertiary/aromatic N) is 3. The smallest absolute Gasteiger partial charge is 0.409 e. The number of nitrogens with one attached hydrogen (secondary N) is 1. The zero-order valence-corrected chi connectivity index (χ0v) is 8.69. The number of H-pyrrole nitrogens is 1. The summed E-state index contributed by atoms with van der Waals surface area (Å²) in [7, 11) is 1.38. The lowest BCUT2D eigenvalue weighted by atomic mass is 10.2. The van der Waals surface area contributed by atoms with Crippen LogP contribution < -0.4 is 0 Å². The van der Waals surface area contributed by atoms with Gasteiger partial charge in [0, 0.05) is 13.2 Å². The number of hydrogen-bond donors (Lipinski definition) is 1. The van der Waals surface area contributed by atoms with Crippen molar-refractivity contribution in [3.8, 4) is 11.5 Å². The van der Waals surface area contributed by atoms with Gasteiger partial charge in [-0.15, -0.1) is 5.10 Å². The lowest BCUT2D eigenvalue weighted by molar-refractivity contribution is -0.141. The van der Waals surface area contributed by atoms with Crippen molar-refractivity contribution < 1.29 is 17.6 Å². The molecule has 5 nitrogen and oxygen atoms in total. The fourth-order valence-electron chi connectivity index (χ4n) is 1.20. The molecule has 0 aromatic carbocycles. The third kappa shape index (κ3) is 1.85. The van der Waals surface area contributed by atoms with E-state index in [2.05, 4.69) is 27.5 Å². The van der Waals surface area contributed by atoms with Crippen LogP contribution in [-0.4, -0.2) is 20.0 Å². The molecule has 0 saturated carbocycles. The fraction of sp³-hybridized carbons (Fsp3) is 0.286. The van der Waals surface area contributed by atoms with Gasteiger partial charge in [-0.1, -0.05) is 0 Å². The Balaban J connectivity index is 2.61. The molecule has 0 spiro atoms. The SMILES string of the molecule is Cn1cc(-c2n[nH]c(=S)o2)c(C(F)(F)F)n1. The maximum absolute atomic E-state index is 12.6. The zero-order chi connectivity index (χ0) is 11.9.